The Balaban J connectivity index is 1.61. The molecular weight excluding hydrogens is 424 g/mol. The quantitative estimate of drug-likeness (QED) is 0.397. The van der Waals surface area contributed by atoms with Crippen LogP contribution in [0.15, 0.2) is 11.6 Å². The highest BCUT2D eigenvalue weighted by molar-refractivity contribution is 5.76. The van der Waals surface area contributed by atoms with Crippen LogP contribution in [0.5, 0.6) is 0 Å². The maximum atomic E-state index is 12.8. The highest BCUT2D eigenvalue weighted by Gasteiger charge is 2.70. The molecule has 0 unspecified atom stereocenters. The fourth-order valence-corrected chi connectivity index (χ4v) is 10.8. The van der Waals surface area contributed by atoms with Crippen molar-refractivity contribution in [2.75, 3.05) is 0 Å². The Morgan fingerprint density at radius 3 is 2.18 bits per heavy atom. The Morgan fingerprint density at radius 1 is 0.882 bits per heavy atom. The molecule has 0 aromatic heterocycles. The number of carboxylic acids is 1. The number of fused-ring (bicyclic) bond motifs is 7. The molecule has 9 atom stereocenters. The molecule has 34 heavy (non-hydrogen) atoms. The maximum Gasteiger partial charge on any atom is 0.310 e. The molecule has 0 aromatic rings. The van der Waals surface area contributed by atoms with E-state index in [1.165, 1.54) is 5.57 Å². The van der Waals surface area contributed by atoms with Gasteiger partial charge in [-0.15, -0.1) is 0 Å². The molecule has 5 aliphatic rings. The molecule has 4 fully saturated rings. The van der Waals surface area contributed by atoms with Crippen LogP contribution in [0.25, 0.3) is 0 Å². The summed E-state index contributed by atoms with van der Waals surface area (Å²) in [6.07, 6.45) is 9.45. The van der Waals surface area contributed by atoms with E-state index in [9.17, 15) is 20.1 Å². The Bertz CT molecular complexity index is 919. The number of hydrogen-bond donors (Lipinski definition) is 3. The summed E-state index contributed by atoms with van der Waals surface area (Å²) in [6, 6.07) is 0. The molecule has 0 heterocycles. The number of aliphatic carboxylic acids is 1. The molecule has 3 N–H and O–H groups in total. The van der Waals surface area contributed by atoms with E-state index in [1.807, 2.05) is 0 Å². The summed E-state index contributed by atoms with van der Waals surface area (Å²) in [5.41, 5.74) is 0.754. The summed E-state index contributed by atoms with van der Waals surface area (Å²) in [5.74, 6) is 0.365. The van der Waals surface area contributed by atoms with Gasteiger partial charge in [-0.05, 0) is 103 Å². The number of rotatable bonds is 1. The third kappa shape index (κ3) is 2.88. The standard InChI is InChI=1S/C30H48O4/c1-25(2)12-14-30(24(33)34)15-13-28(6)18(19(30)16-25)8-9-22-27(5)17-20(31)23(32)26(3,4)21(27)10-11-29(22,28)7/h8,19-23,31-32H,9-17H2,1-7H3,(H,33,34)/t19-,20+,21-,22-,23-,27+,28-,29-,30+/m1/s1. The van der Waals surface area contributed by atoms with Crippen LogP contribution in [-0.4, -0.2) is 33.5 Å². The van der Waals surface area contributed by atoms with Gasteiger partial charge in [-0.25, -0.2) is 0 Å². The molecular formula is C30H48O4. The van der Waals surface area contributed by atoms with Gasteiger partial charge < -0.3 is 15.3 Å². The number of carbonyl (C=O) groups is 1. The summed E-state index contributed by atoms with van der Waals surface area (Å²) < 4.78 is 0. The van der Waals surface area contributed by atoms with Crippen molar-refractivity contribution in [3.05, 3.63) is 11.6 Å². The molecule has 4 nitrogen and oxygen atoms in total. The van der Waals surface area contributed by atoms with E-state index in [0.717, 1.165) is 51.4 Å². The average Bonchev–Trinajstić information content (AvgIpc) is 2.72. The lowest BCUT2D eigenvalue weighted by atomic mass is 9.33. The number of carboxylic acid groups (broad SMARTS) is 1. The van der Waals surface area contributed by atoms with Crippen LogP contribution in [0.3, 0.4) is 0 Å². The molecule has 0 aromatic carbocycles. The normalized spacial score (nSPS) is 53.4. The lowest BCUT2D eigenvalue weighted by Crippen LogP contribution is -2.67. The van der Waals surface area contributed by atoms with Crippen LogP contribution < -0.4 is 0 Å². The molecule has 0 spiro atoms. The highest BCUT2D eigenvalue weighted by atomic mass is 16.4. The molecule has 0 aliphatic heterocycles. The van der Waals surface area contributed by atoms with Crippen LogP contribution in [0, 0.1) is 50.2 Å². The van der Waals surface area contributed by atoms with Gasteiger partial charge in [-0.1, -0.05) is 60.1 Å². The third-order valence-electron chi connectivity index (χ3n) is 13.0. The topological polar surface area (TPSA) is 77.8 Å². The predicted octanol–water partition coefficient (Wildman–Crippen LogP) is 6.20. The van der Waals surface area contributed by atoms with E-state index in [2.05, 4.69) is 54.5 Å². The minimum absolute atomic E-state index is 0.00785. The van der Waals surface area contributed by atoms with Gasteiger partial charge in [0.1, 0.15) is 0 Å². The number of aliphatic hydroxyl groups excluding tert-OH is 2. The predicted molar refractivity (Wildman–Crippen MR) is 134 cm³/mol. The molecule has 0 radical (unpaired) electrons. The fraction of sp³-hybridized carbons (Fsp3) is 0.900. The van der Waals surface area contributed by atoms with Crippen molar-refractivity contribution in [1.29, 1.82) is 0 Å². The minimum atomic E-state index is -0.679. The van der Waals surface area contributed by atoms with Crippen molar-refractivity contribution in [3.8, 4) is 0 Å². The molecule has 192 valence electrons. The zero-order valence-electron chi connectivity index (χ0n) is 22.6. The summed E-state index contributed by atoms with van der Waals surface area (Å²) in [6.45, 7) is 16.3. The largest absolute Gasteiger partial charge is 0.481 e. The lowest BCUT2D eigenvalue weighted by Gasteiger charge is -2.71. The van der Waals surface area contributed by atoms with Gasteiger partial charge in [0.15, 0.2) is 0 Å². The van der Waals surface area contributed by atoms with Crippen molar-refractivity contribution in [2.24, 2.45) is 50.2 Å². The van der Waals surface area contributed by atoms with E-state index in [0.29, 0.717) is 18.3 Å². The molecule has 0 saturated heterocycles. The molecule has 0 amide bonds. The van der Waals surface area contributed by atoms with Gasteiger partial charge in [-0.2, -0.15) is 0 Å². The van der Waals surface area contributed by atoms with Crippen LogP contribution in [0.2, 0.25) is 0 Å². The van der Waals surface area contributed by atoms with Crippen molar-refractivity contribution in [1.82, 2.24) is 0 Å². The Kier molecular flexibility index (Phi) is 5.20. The molecule has 5 rings (SSSR count). The number of aliphatic hydroxyl groups is 2. The first-order chi connectivity index (χ1) is 15.6. The lowest BCUT2D eigenvalue weighted by molar-refractivity contribution is -0.231. The van der Waals surface area contributed by atoms with Crippen molar-refractivity contribution in [2.45, 2.75) is 118 Å². The zero-order valence-corrected chi connectivity index (χ0v) is 22.6. The minimum Gasteiger partial charge on any atom is -0.481 e. The second-order valence-electron chi connectivity index (χ2n) is 15.2. The van der Waals surface area contributed by atoms with E-state index in [4.69, 9.17) is 0 Å². The van der Waals surface area contributed by atoms with E-state index in [-0.39, 0.29) is 33.0 Å². The van der Waals surface area contributed by atoms with E-state index < -0.39 is 23.6 Å². The third-order valence-corrected chi connectivity index (χ3v) is 13.0. The number of hydrogen-bond acceptors (Lipinski definition) is 3. The highest BCUT2D eigenvalue weighted by Crippen LogP contribution is 2.75. The second-order valence-corrected chi connectivity index (χ2v) is 15.2. The van der Waals surface area contributed by atoms with Gasteiger partial charge in [-0.3, -0.25) is 4.79 Å². The fourth-order valence-electron chi connectivity index (χ4n) is 10.8. The summed E-state index contributed by atoms with van der Waals surface area (Å²) in [7, 11) is 0. The monoisotopic (exact) mass is 472 g/mol. The van der Waals surface area contributed by atoms with Crippen molar-refractivity contribution >= 4 is 5.97 Å². The van der Waals surface area contributed by atoms with Crippen molar-refractivity contribution < 1.29 is 20.1 Å². The summed E-state index contributed by atoms with van der Waals surface area (Å²) >= 11 is 0. The SMILES string of the molecule is CC1(C)CC[C@]2(C(=O)O)CC[C@]3(C)C(=CC[C@@H]4[C@@]5(C)C[C@H](O)[C@@H](O)C(C)(C)[C@H]5CC[C@]43C)[C@H]2C1. The molecule has 5 aliphatic carbocycles. The van der Waals surface area contributed by atoms with Gasteiger partial charge >= 0.3 is 5.97 Å². The summed E-state index contributed by atoms with van der Waals surface area (Å²) in [5, 5.41) is 32.4. The first-order valence-electron chi connectivity index (χ1n) is 13.9. The van der Waals surface area contributed by atoms with E-state index >= 15 is 0 Å². The average molecular weight is 473 g/mol. The van der Waals surface area contributed by atoms with E-state index in [1.54, 1.807) is 0 Å². The Labute approximate surface area is 206 Å². The van der Waals surface area contributed by atoms with Gasteiger partial charge in [0, 0.05) is 0 Å². The Hall–Kier alpha value is -0.870. The summed E-state index contributed by atoms with van der Waals surface area (Å²) in [4.78, 5) is 12.8. The second kappa shape index (κ2) is 7.12. The van der Waals surface area contributed by atoms with Crippen molar-refractivity contribution in [3.63, 3.8) is 0 Å². The van der Waals surface area contributed by atoms with Crippen LogP contribution in [0.4, 0.5) is 0 Å². The first kappa shape index (κ1) is 24.8. The smallest absolute Gasteiger partial charge is 0.310 e. The van der Waals surface area contributed by atoms with Gasteiger partial charge in [0.05, 0.1) is 17.6 Å². The zero-order chi connectivity index (χ0) is 25.1. The van der Waals surface area contributed by atoms with Crippen LogP contribution in [0.1, 0.15) is 106 Å². The molecule has 4 heteroatoms. The maximum absolute atomic E-state index is 12.8. The van der Waals surface area contributed by atoms with Gasteiger partial charge in [0.25, 0.3) is 0 Å². The Morgan fingerprint density at radius 2 is 1.53 bits per heavy atom. The number of allylic oxidation sites excluding steroid dienone is 2. The molecule has 0 bridgehead atoms. The van der Waals surface area contributed by atoms with Crippen LogP contribution >= 0.6 is 0 Å². The first-order valence-corrected chi connectivity index (χ1v) is 13.9. The molecule has 4 saturated carbocycles. The van der Waals surface area contributed by atoms with Crippen LogP contribution in [-0.2, 0) is 4.79 Å². The van der Waals surface area contributed by atoms with Gasteiger partial charge in [0.2, 0.25) is 0 Å².